The Bertz CT molecular complexity index is 726. The van der Waals surface area contributed by atoms with Gasteiger partial charge in [-0.25, -0.2) is 0 Å². The van der Waals surface area contributed by atoms with Gasteiger partial charge in [0.25, 0.3) is 0 Å². The summed E-state index contributed by atoms with van der Waals surface area (Å²) in [4.78, 5) is 4.76. The minimum absolute atomic E-state index is 0.0723. The molecule has 21 heavy (non-hydrogen) atoms. The molecule has 0 atom stereocenters. The second-order valence-corrected chi connectivity index (χ2v) is 4.93. The van der Waals surface area contributed by atoms with E-state index < -0.39 is 6.61 Å². The number of aromatic nitrogens is 2. The lowest BCUT2D eigenvalue weighted by Gasteiger charge is -2.05. The highest BCUT2D eigenvalue weighted by atomic mass is 32.1. The summed E-state index contributed by atoms with van der Waals surface area (Å²) < 4.78 is 33.8. The summed E-state index contributed by atoms with van der Waals surface area (Å²) in [5.41, 5.74) is 8.78. The fraction of sp³-hybridized carbons (Fsp3) is 0.0769. The van der Waals surface area contributed by atoms with Gasteiger partial charge in [0.15, 0.2) is 11.6 Å². The first-order valence-electron chi connectivity index (χ1n) is 5.84. The van der Waals surface area contributed by atoms with Gasteiger partial charge < -0.3 is 15.0 Å². The lowest BCUT2D eigenvalue weighted by molar-refractivity contribution is -0.0498. The van der Waals surface area contributed by atoms with Crippen LogP contribution in [-0.2, 0) is 0 Å². The fourth-order valence-corrected chi connectivity index (χ4v) is 2.48. The Morgan fingerprint density at radius 3 is 2.62 bits per heavy atom. The van der Waals surface area contributed by atoms with Crippen LogP contribution < -0.4 is 10.5 Å². The molecule has 0 saturated carbocycles. The van der Waals surface area contributed by atoms with E-state index in [0.717, 1.165) is 4.88 Å². The highest BCUT2D eigenvalue weighted by molar-refractivity contribution is 7.13. The predicted octanol–water partition coefficient (Wildman–Crippen LogP) is 3.65. The molecule has 2 heterocycles. The minimum Gasteiger partial charge on any atom is -0.435 e. The lowest BCUT2D eigenvalue weighted by Crippen LogP contribution is -2.01. The van der Waals surface area contributed by atoms with Gasteiger partial charge in [0.1, 0.15) is 5.75 Å². The summed E-state index contributed by atoms with van der Waals surface area (Å²) in [6, 6.07) is 6.10. The van der Waals surface area contributed by atoms with Crippen LogP contribution >= 0.6 is 11.3 Å². The van der Waals surface area contributed by atoms with E-state index in [4.69, 9.17) is 10.3 Å². The van der Waals surface area contributed by atoms with Gasteiger partial charge in [-0.3, -0.25) is 4.98 Å². The molecule has 3 aromatic rings. The van der Waals surface area contributed by atoms with E-state index in [-0.39, 0.29) is 11.6 Å². The summed E-state index contributed by atoms with van der Waals surface area (Å²) in [5.74, 6) is 0.793. The topological polar surface area (TPSA) is 74.2 Å². The smallest absolute Gasteiger partial charge is 0.387 e. The maximum absolute atomic E-state index is 12.1. The van der Waals surface area contributed by atoms with E-state index in [1.807, 2.05) is 0 Å². The van der Waals surface area contributed by atoms with E-state index in [9.17, 15) is 8.78 Å². The maximum Gasteiger partial charge on any atom is 0.387 e. The van der Waals surface area contributed by atoms with Crippen LogP contribution in [0.25, 0.3) is 21.8 Å². The van der Waals surface area contributed by atoms with Crippen molar-refractivity contribution in [2.24, 2.45) is 0 Å². The molecule has 0 saturated heterocycles. The number of nitrogens with two attached hydrogens (primary N) is 1. The molecule has 0 unspecified atom stereocenters. The number of hydrogen-bond donors (Lipinski definition) is 1. The highest BCUT2D eigenvalue weighted by Gasteiger charge is 2.19. The van der Waals surface area contributed by atoms with Gasteiger partial charge in [-0.05, 0) is 17.7 Å². The van der Waals surface area contributed by atoms with Crippen molar-refractivity contribution in [3.8, 4) is 27.5 Å². The summed E-state index contributed by atoms with van der Waals surface area (Å²) in [7, 11) is 0. The number of nitrogen functional groups attached to an aromatic ring is 1. The Morgan fingerprint density at radius 2 is 2.00 bits per heavy atom. The third-order valence-corrected chi connectivity index (χ3v) is 3.51. The molecule has 3 rings (SSSR count). The third-order valence-electron chi connectivity index (χ3n) is 2.74. The Balaban J connectivity index is 1.99. The highest BCUT2D eigenvalue weighted by Crippen LogP contribution is 2.38. The maximum atomic E-state index is 12.1. The second kappa shape index (κ2) is 5.49. The number of anilines is 1. The Hall–Kier alpha value is -2.48. The standard InChI is InChI=1S/C13H9F2N3O2S/c14-13(15)19-8-3-1-7(2-4-8)10-11(20-18-12(10)16)9-5-17-6-21-9/h1-6,13H,(H2,16,18). The molecule has 0 aliphatic carbocycles. The Kier molecular flexibility index (Phi) is 3.53. The molecule has 0 radical (unpaired) electrons. The summed E-state index contributed by atoms with van der Waals surface area (Å²) >= 11 is 1.39. The zero-order chi connectivity index (χ0) is 14.8. The average molecular weight is 309 g/mol. The van der Waals surface area contributed by atoms with Crippen molar-refractivity contribution in [1.82, 2.24) is 10.1 Å². The fourth-order valence-electron chi connectivity index (χ4n) is 1.88. The van der Waals surface area contributed by atoms with E-state index in [2.05, 4.69) is 14.9 Å². The number of ether oxygens (including phenoxy) is 1. The number of hydrogen-bond acceptors (Lipinski definition) is 6. The molecule has 2 aromatic heterocycles. The summed E-state index contributed by atoms with van der Waals surface area (Å²) in [5, 5.41) is 3.75. The average Bonchev–Trinajstić information content (AvgIpc) is 3.08. The Morgan fingerprint density at radius 1 is 1.24 bits per heavy atom. The third kappa shape index (κ3) is 2.70. The van der Waals surface area contributed by atoms with Crippen LogP contribution in [0.5, 0.6) is 5.75 Å². The van der Waals surface area contributed by atoms with E-state index in [1.54, 1.807) is 23.8 Å². The number of thiazole rings is 1. The first kappa shape index (κ1) is 13.5. The first-order valence-corrected chi connectivity index (χ1v) is 6.72. The molecule has 0 spiro atoms. The summed E-state index contributed by atoms with van der Waals surface area (Å²) in [6.45, 7) is -2.86. The Labute approximate surface area is 122 Å². The van der Waals surface area contributed by atoms with Gasteiger partial charge in [0.05, 0.1) is 16.0 Å². The molecule has 108 valence electrons. The van der Waals surface area contributed by atoms with Crippen molar-refractivity contribution in [2.45, 2.75) is 6.61 Å². The number of alkyl halides is 2. The summed E-state index contributed by atoms with van der Waals surface area (Å²) in [6.07, 6.45) is 1.64. The molecule has 0 aliphatic heterocycles. The van der Waals surface area contributed by atoms with Crippen molar-refractivity contribution in [2.75, 3.05) is 5.73 Å². The molecule has 0 fully saturated rings. The van der Waals surface area contributed by atoms with Crippen LogP contribution in [0.1, 0.15) is 0 Å². The molecule has 0 amide bonds. The quantitative estimate of drug-likeness (QED) is 0.796. The zero-order valence-corrected chi connectivity index (χ0v) is 11.3. The van der Waals surface area contributed by atoms with Gasteiger partial charge in [0.2, 0.25) is 0 Å². The molecule has 0 bridgehead atoms. The first-order chi connectivity index (χ1) is 10.1. The molecular weight excluding hydrogens is 300 g/mol. The molecule has 1 aromatic carbocycles. The zero-order valence-electron chi connectivity index (χ0n) is 10.5. The molecule has 5 nitrogen and oxygen atoms in total. The van der Waals surface area contributed by atoms with Crippen LogP contribution in [0.3, 0.4) is 0 Å². The van der Waals surface area contributed by atoms with Crippen LogP contribution in [0.2, 0.25) is 0 Å². The minimum atomic E-state index is -2.86. The molecule has 2 N–H and O–H groups in total. The van der Waals surface area contributed by atoms with E-state index >= 15 is 0 Å². The van der Waals surface area contributed by atoms with Gasteiger partial charge in [0, 0.05) is 6.20 Å². The van der Waals surface area contributed by atoms with Gasteiger partial charge >= 0.3 is 6.61 Å². The predicted molar refractivity (Wildman–Crippen MR) is 74.1 cm³/mol. The number of rotatable bonds is 4. The molecule has 0 aliphatic rings. The van der Waals surface area contributed by atoms with E-state index in [1.165, 1.54) is 23.5 Å². The normalized spacial score (nSPS) is 11.0. The number of nitrogens with zero attached hydrogens (tertiary/aromatic N) is 2. The van der Waals surface area contributed by atoms with Crippen LogP contribution in [0.15, 0.2) is 40.5 Å². The van der Waals surface area contributed by atoms with Crippen molar-refractivity contribution in [3.05, 3.63) is 36.0 Å². The second-order valence-electron chi connectivity index (χ2n) is 4.04. The van der Waals surface area contributed by atoms with Crippen molar-refractivity contribution in [3.63, 3.8) is 0 Å². The van der Waals surface area contributed by atoms with Gasteiger partial charge in [-0.15, -0.1) is 11.3 Å². The van der Waals surface area contributed by atoms with Crippen LogP contribution in [0.4, 0.5) is 14.6 Å². The monoisotopic (exact) mass is 309 g/mol. The molecular formula is C13H9F2N3O2S. The van der Waals surface area contributed by atoms with Crippen molar-refractivity contribution >= 4 is 17.2 Å². The number of halogens is 2. The van der Waals surface area contributed by atoms with Crippen LogP contribution in [0, 0.1) is 0 Å². The largest absolute Gasteiger partial charge is 0.435 e. The van der Waals surface area contributed by atoms with Crippen molar-refractivity contribution < 1.29 is 18.0 Å². The number of benzene rings is 1. The lowest BCUT2D eigenvalue weighted by atomic mass is 10.1. The van der Waals surface area contributed by atoms with Gasteiger partial charge in [-0.2, -0.15) is 8.78 Å². The molecule has 8 heteroatoms. The van der Waals surface area contributed by atoms with Gasteiger partial charge in [-0.1, -0.05) is 17.3 Å². The van der Waals surface area contributed by atoms with E-state index in [0.29, 0.717) is 16.9 Å². The van der Waals surface area contributed by atoms with Crippen LogP contribution in [-0.4, -0.2) is 16.8 Å². The van der Waals surface area contributed by atoms with Crippen molar-refractivity contribution in [1.29, 1.82) is 0 Å². The SMILES string of the molecule is Nc1noc(-c2cncs2)c1-c1ccc(OC(F)F)cc1.